The number of hydrogen-bond donors (Lipinski definition) is 1. The lowest BCUT2D eigenvalue weighted by molar-refractivity contribution is 0.948. The molecule has 0 spiro atoms. The monoisotopic (exact) mass is 314 g/mol. The van der Waals surface area contributed by atoms with Crippen molar-refractivity contribution in [2.45, 2.75) is 23.5 Å². The number of hydrogen-bond acceptors (Lipinski definition) is 5. The Morgan fingerprint density at radius 3 is 2.63 bits per heavy atom. The molecule has 0 saturated heterocycles. The minimum Gasteiger partial charge on any atom is -0.369 e. The predicted molar refractivity (Wildman–Crippen MR) is 79.2 cm³/mol. The third kappa shape index (κ3) is 3.96. The first-order valence-electron chi connectivity index (χ1n) is 5.75. The van der Waals surface area contributed by atoms with E-state index in [0.717, 1.165) is 13.0 Å². The molecule has 0 amide bonds. The predicted octanol–water partition coefficient (Wildman–Crippen LogP) is 4.15. The van der Waals surface area contributed by atoms with Gasteiger partial charge in [0.1, 0.15) is 10.8 Å². The van der Waals surface area contributed by atoms with E-state index < -0.39 is 0 Å². The van der Waals surface area contributed by atoms with Gasteiger partial charge >= 0.3 is 0 Å². The van der Waals surface area contributed by atoms with Crippen molar-refractivity contribution in [1.29, 1.82) is 0 Å². The van der Waals surface area contributed by atoms with Gasteiger partial charge in [0.25, 0.3) is 0 Å². The Morgan fingerprint density at radius 1 is 1.21 bits per heavy atom. The maximum atomic E-state index is 6.13. The summed E-state index contributed by atoms with van der Waals surface area (Å²) >= 11 is 13.5. The molecule has 100 valence electrons. The van der Waals surface area contributed by atoms with E-state index in [-0.39, 0.29) is 0 Å². The molecular weight excluding hydrogens is 303 g/mol. The van der Waals surface area contributed by atoms with E-state index in [0.29, 0.717) is 26.0 Å². The van der Waals surface area contributed by atoms with Gasteiger partial charge in [0.15, 0.2) is 5.16 Å². The maximum absolute atomic E-state index is 6.13. The highest BCUT2D eigenvalue weighted by Gasteiger charge is 2.11. The van der Waals surface area contributed by atoms with Crippen molar-refractivity contribution in [2.75, 3.05) is 11.9 Å². The van der Waals surface area contributed by atoms with Crippen LogP contribution in [0.2, 0.25) is 10.0 Å². The summed E-state index contributed by atoms with van der Waals surface area (Å²) in [5.74, 6) is 0.631. The normalized spacial score (nSPS) is 10.5. The molecule has 19 heavy (non-hydrogen) atoms. The topological polar surface area (TPSA) is 50.7 Å². The summed E-state index contributed by atoms with van der Waals surface area (Å²) in [5.41, 5.74) is 0. The van der Waals surface area contributed by atoms with Crippen LogP contribution in [0.5, 0.6) is 0 Å². The molecule has 2 heterocycles. The summed E-state index contributed by atoms with van der Waals surface area (Å²) in [6.07, 6.45) is 4.34. The van der Waals surface area contributed by atoms with Crippen LogP contribution in [0.25, 0.3) is 0 Å². The Kier molecular flexibility index (Phi) is 5.24. The first-order valence-corrected chi connectivity index (χ1v) is 7.32. The lowest BCUT2D eigenvalue weighted by Gasteiger charge is -2.09. The third-order valence-electron chi connectivity index (χ3n) is 2.17. The summed E-state index contributed by atoms with van der Waals surface area (Å²) < 4.78 is 0. The lowest BCUT2D eigenvalue weighted by Crippen LogP contribution is -2.03. The van der Waals surface area contributed by atoms with E-state index in [1.54, 1.807) is 24.5 Å². The van der Waals surface area contributed by atoms with Crippen LogP contribution in [0.4, 0.5) is 5.82 Å². The molecule has 1 N–H and O–H groups in total. The largest absolute Gasteiger partial charge is 0.369 e. The zero-order chi connectivity index (χ0) is 13.7. The van der Waals surface area contributed by atoms with Crippen molar-refractivity contribution < 1.29 is 0 Å². The maximum Gasteiger partial charge on any atom is 0.193 e. The Bertz CT molecular complexity index is 551. The Hall–Kier alpha value is -1.04. The SMILES string of the molecule is CCCNc1nc(Sc2ncccn2)c(Cl)cc1Cl. The second-order valence-electron chi connectivity index (χ2n) is 3.67. The number of nitrogens with zero attached hydrogens (tertiary/aromatic N) is 3. The number of nitrogens with one attached hydrogen (secondary N) is 1. The van der Waals surface area contributed by atoms with Gasteiger partial charge in [-0.15, -0.1) is 0 Å². The average Bonchev–Trinajstić information content (AvgIpc) is 2.42. The third-order valence-corrected chi connectivity index (χ3v) is 3.76. The van der Waals surface area contributed by atoms with Gasteiger partial charge in [-0.2, -0.15) is 0 Å². The molecule has 2 rings (SSSR count). The zero-order valence-electron chi connectivity index (χ0n) is 10.2. The molecule has 0 aliphatic heterocycles. The molecule has 0 fully saturated rings. The van der Waals surface area contributed by atoms with Crippen LogP contribution in [-0.2, 0) is 0 Å². The first-order chi connectivity index (χ1) is 9.20. The molecule has 0 bridgehead atoms. The standard InChI is InChI=1S/C12H12Cl2N4S/c1-2-4-15-10-8(13)7-9(14)11(18-10)19-12-16-5-3-6-17-12/h3,5-7H,2,4H2,1H3,(H,15,18). The van der Waals surface area contributed by atoms with Crippen LogP contribution in [-0.4, -0.2) is 21.5 Å². The molecular formula is C12H12Cl2N4S. The van der Waals surface area contributed by atoms with E-state index in [9.17, 15) is 0 Å². The molecule has 0 atom stereocenters. The fourth-order valence-electron chi connectivity index (χ4n) is 1.31. The minimum absolute atomic E-state index is 0.490. The molecule has 2 aromatic rings. The second kappa shape index (κ2) is 6.93. The quantitative estimate of drug-likeness (QED) is 0.840. The number of pyridine rings is 1. The molecule has 4 nitrogen and oxygen atoms in total. The van der Waals surface area contributed by atoms with Gasteiger partial charge in [0, 0.05) is 18.9 Å². The van der Waals surface area contributed by atoms with Gasteiger partial charge in [-0.25, -0.2) is 15.0 Å². The minimum atomic E-state index is 0.490. The average molecular weight is 315 g/mol. The number of aromatic nitrogens is 3. The van der Waals surface area contributed by atoms with E-state index >= 15 is 0 Å². The van der Waals surface area contributed by atoms with Crippen LogP contribution in [0.3, 0.4) is 0 Å². The molecule has 0 saturated carbocycles. The summed E-state index contributed by atoms with van der Waals surface area (Å²) in [6.45, 7) is 2.88. The van der Waals surface area contributed by atoms with E-state index in [4.69, 9.17) is 23.2 Å². The zero-order valence-corrected chi connectivity index (χ0v) is 12.6. The van der Waals surface area contributed by atoms with Crippen molar-refractivity contribution >= 4 is 40.8 Å². The molecule has 2 aromatic heterocycles. The van der Waals surface area contributed by atoms with Gasteiger partial charge in [-0.3, -0.25) is 0 Å². The van der Waals surface area contributed by atoms with Crippen molar-refractivity contribution in [3.63, 3.8) is 0 Å². The Labute approximate surface area is 126 Å². The van der Waals surface area contributed by atoms with Gasteiger partial charge < -0.3 is 5.32 Å². The molecule has 0 unspecified atom stereocenters. The van der Waals surface area contributed by atoms with Crippen molar-refractivity contribution in [1.82, 2.24) is 15.0 Å². The van der Waals surface area contributed by atoms with Gasteiger partial charge in [0.05, 0.1) is 10.0 Å². The molecule has 7 heteroatoms. The first kappa shape index (κ1) is 14.4. The number of anilines is 1. The summed E-state index contributed by atoms with van der Waals surface area (Å²) in [5, 5.41) is 5.39. The van der Waals surface area contributed by atoms with Crippen LogP contribution >= 0.6 is 35.0 Å². The number of rotatable bonds is 5. The second-order valence-corrected chi connectivity index (χ2v) is 5.44. The van der Waals surface area contributed by atoms with Gasteiger partial charge in [-0.1, -0.05) is 30.1 Å². The van der Waals surface area contributed by atoms with Crippen LogP contribution in [0.1, 0.15) is 13.3 Å². The fourth-order valence-corrected chi connectivity index (χ4v) is 2.55. The fraction of sp³-hybridized carbons (Fsp3) is 0.250. The van der Waals surface area contributed by atoms with Crippen molar-refractivity contribution in [3.8, 4) is 0 Å². The highest BCUT2D eigenvalue weighted by atomic mass is 35.5. The summed E-state index contributed by atoms with van der Waals surface area (Å²) in [4.78, 5) is 12.7. The van der Waals surface area contributed by atoms with Crippen molar-refractivity contribution in [3.05, 3.63) is 34.6 Å². The highest BCUT2D eigenvalue weighted by molar-refractivity contribution is 7.99. The summed E-state index contributed by atoms with van der Waals surface area (Å²) in [6, 6.07) is 3.44. The van der Waals surface area contributed by atoms with Gasteiger partial charge in [-0.05, 0) is 30.3 Å². The smallest absolute Gasteiger partial charge is 0.193 e. The van der Waals surface area contributed by atoms with E-state index in [2.05, 4.69) is 27.2 Å². The number of halogens is 2. The highest BCUT2D eigenvalue weighted by Crippen LogP contribution is 2.34. The van der Waals surface area contributed by atoms with Crippen LogP contribution < -0.4 is 5.32 Å². The Morgan fingerprint density at radius 2 is 1.95 bits per heavy atom. The Balaban J connectivity index is 2.24. The molecule has 0 radical (unpaired) electrons. The molecule has 0 aromatic carbocycles. The van der Waals surface area contributed by atoms with Gasteiger partial charge in [0.2, 0.25) is 0 Å². The molecule has 0 aliphatic rings. The lowest BCUT2D eigenvalue weighted by atomic mass is 10.4. The molecule has 0 aliphatic carbocycles. The summed E-state index contributed by atoms with van der Waals surface area (Å²) in [7, 11) is 0. The van der Waals surface area contributed by atoms with E-state index in [1.807, 2.05) is 0 Å². The van der Waals surface area contributed by atoms with Crippen LogP contribution in [0.15, 0.2) is 34.7 Å². The van der Waals surface area contributed by atoms with E-state index in [1.165, 1.54) is 11.8 Å². The van der Waals surface area contributed by atoms with Crippen LogP contribution in [0, 0.1) is 0 Å². The van der Waals surface area contributed by atoms with Crippen molar-refractivity contribution in [2.24, 2.45) is 0 Å².